The fourth-order valence-electron chi connectivity index (χ4n) is 3.48. The third-order valence-corrected chi connectivity index (χ3v) is 4.99. The first-order valence-electron chi connectivity index (χ1n) is 8.90. The van der Waals surface area contributed by atoms with E-state index in [1.807, 2.05) is 24.3 Å². The highest BCUT2D eigenvalue weighted by Gasteiger charge is 2.36. The lowest BCUT2D eigenvalue weighted by Crippen LogP contribution is -2.52. The second kappa shape index (κ2) is 7.48. The standard InChI is InChI=1S/C20H18ClF2N3O2/c21-13-8-14(22)19(15(23)9-13)26-7-3-6-20(27,11-26)12-28-18-10-24-16-4-1-2-5-17(16)25-18/h1-2,4-5,8-10,27H,3,6-7,11-12H2. The van der Waals surface area contributed by atoms with Crippen molar-refractivity contribution in [3.8, 4) is 5.88 Å². The zero-order valence-electron chi connectivity index (χ0n) is 14.9. The van der Waals surface area contributed by atoms with Crippen LogP contribution in [0.3, 0.4) is 0 Å². The molecule has 3 aromatic rings. The molecular weight excluding hydrogens is 388 g/mol. The third-order valence-electron chi connectivity index (χ3n) is 4.77. The van der Waals surface area contributed by atoms with Crippen LogP contribution in [0.1, 0.15) is 12.8 Å². The van der Waals surface area contributed by atoms with Crippen LogP contribution < -0.4 is 9.64 Å². The van der Waals surface area contributed by atoms with Gasteiger partial charge in [0, 0.05) is 11.6 Å². The average Bonchev–Trinajstić information content (AvgIpc) is 2.66. The summed E-state index contributed by atoms with van der Waals surface area (Å²) < 4.78 is 34.2. The number of ether oxygens (including phenoxy) is 1. The normalized spacial score (nSPS) is 19.8. The van der Waals surface area contributed by atoms with Crippen molar-refractivity contribution in [3.63, 3.8) is 0 Å². The molecule has 4 rings (SSSR count). The minimum atomic E-state index is -1.27. The number of β-amino-alcohol motifs (C(OH)–C–C–N with tert-alkyl or cyclic N) is 1. The van der Waals surface area contributed by atoms with Crippen LogP contribution in [0.4, 0.5) is 14.5 Å². The minimum Gasteiger partial charge on any atom is -0.473 e. The molecule has 1 saturated heterocycles. The Balaban J connectivity index is 1.49. The Hall–Kier alpha value is -2.51. The third kappa shape index (κ3) is 3.86. The van der Waals surface area contributed by atoms with Gasteiger partial charge in [0.2, 0.25) is 5.88 Å². The molecule has 5 nitrogen and oxygen atoms in total. The van der Waals surface area contributed by atoms with E-state index in [2.05, 4.69) is 9.97 Å². The monoisotopic (exact) mass is 405 g/mol. The van der Waals surface area contributed by atoms with Crippen molar-refractivity contribution in [1.82, 2.24) is 9.97 Å². The van der Waals surface area contributed by atoms with Crippen molar-refractivity contribution in [1.29, 1.82) is 0 Å². The summed E-state index contributed by atoms with van der Waals surface area (Å²) in [6, 6.07) is 9.50. The lowest BCUT2D eigenvalue weighted by Gasteiger charge is -2.40. The quantitative estimate of drug-likeness (QED) is 0.711. The number of aromatic nitrogens is 2. The van der Waals surface area contributed by atoms with Crippen LogP contribution in [-0.4, -0.2) is 40.4 Å². The first-order chi connectivity index (χ1) is 13.4. The molecule has 0 amide bonds. The van der Waals surface area contributed by atoms with E-state index in [0.29, 0.717) is 24.9 Å². The van der Waals surface area contributed by atoms with Crippen molar-refractivity contribution in [2.45, 2.75) is 18.4 Å². The predicted molar refractivity (Wildman–Crippen MR) is 103 cm³/mol. The molecular formula is C20H18ClF2N3O2. The fraction of sp³-hybridized carbons (Fsp3) is 0.300. The maximum atomic E-state index is 14.2. The number of anilines is 1. The lowest BCUT2D eigenvalue weighted by molar-refractivity contribution is -0.0169. The predicted octanol–water partition coefficient (Wildman–Crippen LogP) is 3.97. The molecule has 1 aliphatic heterocycles. The number of aliphatic hydroxyl groups is 1. The number of benzene rings is 2. The summed E-state index contributed by atoms with van der Waals surface area (Å²) in [6.07, 6.45) is 2.50. The van der Waals surface area contributed by atoms with Gasteiger partial charge >= 0.3 is 0 Å². The minimum absolute atomic E-state index is 0.00997. The largest absolute Gasteiger partial charge is 0.473 e. The Labute approximate surface area is 165 Å². The van der Waals surface area contributed by atoms with E-state index in [1.54, 1.807) is 0 Å². The Bertz CT molecular complexity index is 997. The van der Waals surface area contributed by atoms with E-state index in [-0.39, 0.29) is 29.7 Å². The van der Waals surface area contributed by atoms with Crippen LogP contribution >= 0.6 is 11.6 Å². The van der Waals surface area contributed by atoms with Crippen LogP contribution in [-0.2, 0) is 0 Å². The summed E-state index contributed by atoms with van der Waals surface area (Å²) in [7, 11) is 0. The van der Waals surface area contributed by atoms with Gasteiger partial charge < -0.3 is 14.7 Å². The van der Waals surface area contributed by atoms with Crippen molar-refractivity contribution < 1.29 is 18.6 Å². The van der Waals surface area contributed by atoms with Gasteiger partial charge in [0.05, 0.1) is 23.8 Å². The van der Waals surface area contributed by atoms with Gasteiger partial charge in [-0.2, -0.15) is 0 Å². The molecule has 0 radical (unpaired) electrons. The number of para-hydroxylation sites is 2. The van der Waals surface area contributed by atoms with Gasteiger partial charge in [0.25, 0.3) is 0 Å². The van der Waals surface area contributed by atoms with Crippen molar-refractivity contribution in [3.05, 3.63) is 59.3 Å². The van der Waals surface area contributed by atoms with E-state index in [9.17, 15) is 13.9 Å². The first-order valence-corrected chi connectivity index (χ1v) is 9.28. The Kier molecular flexibility index (Phi) is 5.03. The molecule has 1 atom stereocenters. The first kappa shape index (κ1) is 18.8. The maximum absolute atomic E-state index is 14.2. The molecule has 0 spiro atoms. The molecule has 146 valence electrons. The van der Waals surface area contributed by atoms with Gasteiger partial charge in [-0.15, -0.1) is 0 Å². The Morgan fingerprint density at radius 1 is 1.18 bits per heavy atom. The molecule has 8 heteroatoms. The number of piperidine rings is 1. The van der Waals surface area contributed by atoms with E-state index >= 15 is 0 Å². The summed E-state index contributed by atoms with van der Waals surface area (Å²) in [5, 5.41) is 10.9. The highest BCUT2D eigenvalue weighted by molar-refractivity contribution is 6.30. The van der Waals surface area contributed by atoms with Crippen LogP contribution in [0, 0.1) is 11.6 Å². The smallest absolute Gasteiger partial charge is 0.232 e. The number of rotatable bonds is 4. The van der Waals surface area contributed by atoms with Crippen molar-refractivity contribution in [2.24, 2.45) is 0 Å². The van der Waals surface area contributed by atoms with Gasteiger partial charge in [0.1, 0.15) is 17.9 Å². The molecule has 1 N–H and O–H groups in total. The van der Waals surface area contributed by atoms with Gasteiger partial charge in [-0.1, -0.05) is 23.7 Å². The second-order valence-electron chi connectivity index (χ2n) is 6.95. The molecule has 1 aliphatic rings. The van der Waals surface area contributed by atoms with Crippen molar-refractivity contribution in [2.75, 3.05) is 24.6 Å². The molecule has 0 saturated carbocycles. The highest BCUT2D eigenvalue weighted by Crippen LogP contribution is 2.32. The Morgan fingerprint density at radius 2 is 1.89 bits per heavy atom. The topological polar surface area (TPSA) is 58.5 Å². The van der Waals surface area contributed by atoms with Gasteiger partial charge in [-0.05, 0) is 37.1 Å². The number of hydrogen-bond acceptors (Lipinski definition) is 5. The van der Waals surface area contributed by atoms with E-state index in [0.717, 1.165) is 17.6 Å². The van der Waals surface area contributed by atoms with Crippen molar-refractivity contribution >= 4 is 28.3 Å². The maximum Gasteiger partial charge on any atom is 0.232 e. The van der Waals surface area contributed by atoms with Gasteiger partial charge in [-0.3, -0.25) is 0 Å². The average molecular weight is 406 g/mol. The van der Waals surface area contributed by atoms with Crippen LogP contribution in [0.25, 0.3) is 11.0 Å². The second-order valence-corrected chi connectivity index (χ2v) is 7.39. The van der Waals surface area contributed by atoms with Crippen LogP contribution in [0.5, 0.6) is 5.88 Å². The molecule has 1 fully saturated rings. The molecule has 1 aromatic heterocycles. The highest BCUT2D eigenvalue weighted by atomic mass is 35.5. The molecule has 2 heterocycles. The lowest BCUT2D eigenvalue weighted by atomic mass is 9.93. The van der Waals surface area contributed by atoms with E-state index in [4.69, 9.17) is 16.3 Å². The van der Waals surface area contributed by atoms with Gasteiger partial charge in [-0.25, -0.2) is 18.7 Å². The number of fused-ring (bicyclic) bond motifs is 1. The Morgan fingerprint density at radius 3 is 2.64 bits per heavy atom. The van der Waals surface area contributed by atoms with Crippen LogP contribution in [0.15, 0.2) is 42.6 Å². The molecule has 1 unspecified atom stereocenters. The zero-order valence-corrected chi connectivity index (χ0v) is 15.7. The summed E-state index contributed by atoms with van der Waals surface area (Å²) >= 11 is 5.70. The van der Waals surface area contributed by atoms with Crippen LogP contribution in [0.2, 0.25) is 5.02 Å². The zero-order chi connectivity index (χ0) is 19.7. The number of nitrogens with zero attached hydrogens (tertiary/aromatic N) is 3. The molecule has 0 aliphatic carbocycles. The van der Waals surface area contributed by atoms with E-state index < -0.39 is 17.2 Å². The van der Waals surface area contributed by atoms with Gasteiger partial charge in [0.15, 0.2) is 11.6 Å². The van der Waals surface area contributed by atoms with E-state index in [1.165, 1.54) is 11.1 Å². The molecule has 28 heavy (non-hydrogen) atoms. The SMILES string of the molecule is OC1(COc2cnc3ccccc3n2)CCCN(c2c(F)cc(Cl)cc2F)C1. The number of halogens is 3. The molecule has 2 aromatic carbocycles. The summed E-state index contributed by atoms with van der Waals surface area (Å²) in [5.41, 5.74) is -0.0361. The molecule has 0 bridgehead atoms. The summed E-state index contributed by atoms with van der Waals surface area (Å²) in [5.74, 6) is -1.22. The fourth-order valence-corrected chi connectivity index (χ4v) is 3.67. The summed E-state index contributed by atoms with van der Waals surface area (Å²) in [4.78, 5) is 10.1. The summed E-state index contributed by atoms with van der Waals surface area (Å²) in [6.45, 7) is 0.393. The number of hydrogen-bond donors (Lipinski definition) is 1.